The summed E-state index contributed by atoms with van der Waals surface area (Å²) in [5.41, 5.74) is 4.28. The van der Waals surface area contributed by atoms with Crippen LogP contribution >= 0.6 is 0 Å². The van der Waals surface area contributed by atoms with Crippen LogP contribution in [0.2, 0.25) is 0 Å². The maximum atomic E-state index is 11.6. The first-order valence-electron chi connectivity index (χ1n) is 5.27. The third kappa shape index (κ3) is 4.58. The molecule has 0 spiro atoms. The molecule has 0 aliphatic heterocycles. The fourth-order valence-corrected chi connectivity index (χ4v) is 1.24. The molecule has 1 atom stereocenters. The SMILES string of the molecule is NC(=O)CC[C@@H](NC(=O)c1c[nH]c(=O)cn1)C(=O)O. The lowest BCUT2D eigenvalue weighted by molar-refractivity contribution is -0.139. The van der Waals surface area contributed by atoms with Gasteiger partial charge in [0.15, 0.2) is 0 Å². The molecule has 1 aromatic heterocycles. The molecule has 1 heterocycles. The number of nitrogens with zero attached hydrogens (tertiary/aromatic N) is 1. The molecule has 9 heteroatoms. The normalized spacial score (nSPS) is 11.6. The molecule has 19 heavy (non-hydrogen) atoms. The molecule has 9 nitrogen and oxygen atoms in total. The zero-order valence-electron chi connectivity index (χ0n) is 9.75. The van der Waals surface area contributed by atoms with Crippen molar-refractivity contribution in [3.8, 4) is 0 Å². The lowest BCUT2D eigenvalue weighted by Gasteiger charge is -2.12. The van der Waals surface area contributed by atoms with Crippen LogP contribution in [0.1, 0.15) is 23.3 Å². The lowest BCUT2D eigenvalue weighted by atomic mass is 10.1. The zero-order valence-corrected chi connectivity index (χ0v) is 9.75. The first-order chi connectivity index (χ1) is 8.90. The number of carboxylic acids is 1. The average Bonchev–Trinajstić information content (AvgIpc) is 2.34. The molecule has 0 unspecified atom stereocenters. The maximum Gasteiger partial charge on any atom is 0.326 e. The van der Waals surface area contributed by atoms with E-state index in [2.05, 4.69) is 15.3 Å². The summed E-state index contributed by atoms with van der Waals surface area (Å²) in [6.45, 7) is 0. The highest BCUT2D eigenvalue weighted by Gasteiger charge is 2.21. The van der Waals surface area contributed by atoms with Crippen molar-refractivity contribution < 1.29 is 19.5 Å². The van der Waals surface area contributed by atoms with Crippen LogP contribution in [0.3, 0.4) is 0 Å². The first-order valence-corrected chi connectivity index (χ1v) is 5.27. The van der Waals surface area contributed by atoms with Crippen molar-refractivity contribution >= 4 is 17.8 Å². The van der Waals surface area contributed by atoms with E-state index in [1.165, 1.54) is 0 Å². The molecule has 2 amide bonds. The third-order valence-corrected chi connectivity index (χ3v) is 2.19. The second-order valence-corrected chi connectivity index (χ2v) is 3.67. The fourth-order valence-electron chi connectivity index (χ4n) is 1.24. The van der Waals surface area contributed by atoms with E-state index in [1.807, 2.05) is 0 Å². The molecule has 5 N–H and O–H groups in total. The Kier molecular flexibility index (Phi) is 4.75. The van der Waals surface area contributed by atoms with E-state index in [9.17, 15) is 19.2 Å². The molecular formula is C10H12N4O5. The minimum absolute atomic E-state index is 0.125. The number of nitrogens with one attached hydrogen (secondary N) is 2. The highest BCUT2D eigenvalue weighted by atomic mass is 16.4. The Bertz CT molecular complexity index is 533. The van der Waals surface area contributed by atoms with Crippen LogP contribution in [0, 0.1) is 0 Å². The van der Waals surface area contributed by atoms with Crippen molar-refractivity contribution in [2.24, 2.45) is 5.73 Å². The van der Waals surface area contributed by atoms with E-state index in [0.29, 0.717) is 0 Å². The van der Waals surface area contributed by atoms with Gasteiger partial charge in [0.2, 0.25) is 5.91 Å². The molecule has 0 radical (unpaired) electrons. The van der Waals surface area contributed by atoms with E-state index >= 15 is 0 Å². The van der Waals surface area contributed by atoms with Gasteiger partial charge in [-0.2, -0.15) is 0 Å². The third-order valence-electron chi connectivity index (χ3n) is 2.19. The Hall–Kier alpha value is -2.71. The molecule has 0 aliphatic carbocycles. The van der Waals surface area contributed by atoms with Crippen LogP contribution < -0.4 is 16.6 Å². The van der Waals surface area contributed by atoms with E-state index in [-0.39, 0.29) is 18.5 Å². The number of rotatable bonds is 6. The monoisotopic (exact) mass is 268 g/mol. The number of aromatic nitrogens is 2. The fraction of sp³-hybridized carbons (Fsp3) is 0.300. The van der Waals surface area contributed by atoms with Gasteiger partial charge in [0.25, 0.3) is 11.5 Å². The number of aliphatic carboxylic acids is 1. The number of nitrogens with two attached hydrogens (primary N) is 1. The van der Waals surface area contributed by atoms with E-state index in [4.69, 9.17) is 10.8 Å². The van der Waals surface area contributed by atoms with Gasteiger partial charge in [-0.3, -0.25) is 14.4 Å². The standard InChI is InChI=1S/C10H12N4O5/c11-7(15)2-1-5(10(18)19)14-9(17)6-3-13-8(16)4-12-6/h3-5H,1-2H2,(H2,11,15)(H,13,16)(H,14,17)(H,18,19)/t5-/m1/s1. The Morgan fingerprint density at radius 2 is 2.16 bits per heavy atom. The van der Waals surface area contributed by atoms with Gasteiger partial charge in [-0.25, -0.2) is 9.78 Å². The molecule has 0 bridgehead atoms. The van der Waals surface area contributed by atoms with Crippen molar-refractivity contribution in [1.29, 1.82) is 0 Å². The summed E-state index contributed by atoms with van der Waals surface area (Å²) in [5, 5.41) is 11.1. The van der Waals surface area contributed by atoms with Gasteiger partial charge in [-0.05, 0) is 6.42 Å². The number of carbonyl (C=O) groups is 3. The summed E-state index contributed by atoms with van der Waals surface area (Å²) in [6.07, 6.45) is 1.66. The summed E-state index contributed by atoms with van der Waals surface area (Å²) in [6, 6.07) is -1.26. The van der Waals surface area contributed by atoms with Crippen LogP contribution in [0.4, 0.5) is 0 Å². The van der Waals surface area contributed by atoms with Crippen molar-refractivity contribution in [3.05, 3.63) is 28.4 Å². The van der Waals surface area contributed by atoms with Gasteiger partial charge in [-0.15, -0.1) is 0 Å². The summed E-state index contributed by atoms with van der Waals surface area (Å²) < 4.78 is 0. The lowest BCUT2D eigenvalue weighted by Crippen LogP contribution is -2.41. The summed E-state index contributed by atoms with van der Waals surface area (Å²) in [4.78, 5) is 49.6. The van der Waals surface area contributed by atoms with Crippen molar-refractivity contribution in [2.75, 3.05) is 0 Å². The van der Waals surface area contributed by atoms with E-state index in [1.54, 1.807) is 0 Å². The number of amides is 2. The minimum atomic E-state index is -1.29. The van der Waals surface area contributed by atoms with Crippen LogP contribution in [0.15, 0.2) is 17.2 Å². The van der Waals surface area contributed by atoms with Crippen LogP contribution in [0.5, 0.6) is 0 Å². The van der Waals surface area contributed by atoms with E-state index in [0.717, 1.165) is 12.4 Å². The zero-order chi connectivity index (χ0) is 14.4. The molecule has 102 valence electrons. The average molecular weight is 268 g/mol. The summed E-state index contributed by atoms with van der Waals surface area (Å²) >= 11 is 0. The maximum absolute atomic E-state index is 11.6. The smallest absolute Gasteiger partial charge is 0.326 e. The molecule has 0 saturated carbocycles. The second-order valence-electron chi connectivity index (χ2n) is 3.67. The Balaban J connectivity index is 2.70. The predicted molar refractivity (Wildman–Crippen MR) is 62.2 cm³/mol. The van der Waals surface area contributed by atoms with Crippen LogP contribution in [-0.4, -0.2) is 38.9 Å². The number of aromatic amines is 1. The number of hydrogen-bond donors (Lipinski definition) is 4. The molecular weight excluding hydrogens is 256 g/mol. The Morgan fingerprint density at radius 1 is 1.47 bits per heavy atom. The number of carboxylic acid groups (broad SMARTS) is 1. The van der Waals surface area contributed by atoms with Gasteiger partial charge in [0.1, 0.15) is 11.7 Å². The van der Waals surface area contributed by atoms with Gasteiger partial charge in [0.05, 0.1) is 6.20 Å². The molecule has 0 fully saturated rings. The van der Waals surface area contributed by atoms with Crippen molar-refractivity contribution in [1.82, 2.24) is 15.3 Å². The largest absolute Gasteiger partial charge is 0.480 e. The highest BCUT2D eigenvalue weighted by molar-refractivity contribution is 5.94. The molecule has 0 aromatic carbocycles. The predicted octanol–water partition coefficient (Wildman–Crippen LogP) is -1.78. The number of carbonyl (C=O) groups excluding carboxylic acids is 2. The van der Waals surface area contributed by atoms with Gasteiger partial charge >= 0.3 is 5.97 Å². The number of primary amides is 1. The van der Waals surface area contributed by atoms with Crippen LogP contribution in [-0.2, 0) is 9.59 Å². The quantitative estimate of drug-likeness (QED) is 0.478. The van der Waals surface area contributed by atoms with Gasteiger partial charge in [0, 0.05) is 12.6 Å². The number of hydrogen-bond acceptors (Lipinski definition) is 5. The Morgan fingerprint density at radius 3 is 2.63 bits per heavy atom. The summed E-state index contributed by atoms with van der Waals surface area (Å²) in [7, 11) is 0. The van der Waals surface area contributed by atoms with Crippen molar-refractivity contribution in [3.63, 3.8) is 0 Å². The number of H-pyrrole nitrogens is 1. The molecule has 0 aliphatic rings. The minimum Gasteiger partial charge on any atom is -0.480 e. The molecule has 1 aromatic rings. The van der Waals surface area contributed by atoms with Crippen molar-refractivity contribution in [2.45, 2.75) is 18.9 Å². The first kappa shape index (κ1) is 14.4. The van der Waals surface area contributed by atoms with E-state index < -0.39 is 29.4 Å². The van der Waals surface area contributed by atoms with Crippen LogP contribution in [0.25, 0.3) is 0 Å². The summed E-state index contributed by atoms with van der Waals surface area (Å²) in [5.74, 6) is -2.73. The molecule has 1 rings (SSSR count). The highest BCUT2D eigenvalue weighted by Crippen LogP contribution is 1.99. The van der Waals surface area contributed by atoms with Gasteiger partial charge in [-0.1, -0.05) is 0 Å². The Labute approximate surface area is 106 Å². The second kappa shape index (κ2) is 6.28. The molecule has 0 saturated heterocycles. The topological polar surface area (TPSA) is 155 Å². The van der Waals surface area contributed by atoms with Gasteiger partial charge < -0.3 is 21.1 Å².